The first-order valence-electron chi connectivity index (χ1n) is 7.71. The van der Waals surface area contributed by atoms with Crippen LogP contribution in [0.5, 0.6) is 17.2 Å². The molecule has 1 aromatic rings. The van der Waals surface area contributed by atoms with Crippen LogP contribution < -0.4 is 14.8 Å². The van der Waals surface area contributed by atoms with Gasteiger partial charge in [0.1, 0.15) is 5.75 Å². The standard InChI is InChI=1S/C16H23NO4/c18-13-8-15-14(20-11-21-15)7-12(13)9-17-10-16(19)5-3-1-2-4-6-16/h7-8,17-19H,1-6,9-11H2. The van der Waals surface area contributed by atoms with Gasteiger partial charge in [-0.1, -0.05) is 25.7 Å². The Morgan fingerprint density at radius 2 is 1.71 bits per heavy atom. The fraction of sp³-hybridized carbons (Fsp3) is 0.625. The fourth-order valence-corrected chi connectivity index (χ4v) is 3.11. The monoisotopic (exact) mass is 293 g/mol. The van der Waals surface area contributed by atoms with E-state index in [9.17, 15) is 10.2 Å². The zero-order valence-corrected chi connectivity index (χ0v) is 12.2. The van der Waals surface area contributed by atoms with Gasteiger partial charge in [0.25, 0.3) is 0 Å². The van der Waals surface area contributed by atoms with Gasteiger partial charge in [0.15, 0.2) is 11.5 Å². The number of ether oxygens (including phenoxy) is 2. The van der Waals surface area contributed by atoms with Crippen molar-refractivity contribution in [1.29, 1.82) is 0 Å². The molecule has 0 unspecified atom stereocenters. The maximum absolute atomic E-state index is 10.6. The minimum Gasteiger partial charge on any atom is -0.507 e. The highest BCUT2D eigenvalue weighted by molar-refractivity contribution is 5.51. The van der Waals surface area contributed by atoms with Crippen LogP contribution in [0.3, 0.4) is 0 Å². The molecule has 0 bridgehead atoms. The van der Waals surface area contributed by atoms with E-state index in [0.717, 1.165) is 31.2 Å². The summed E-state index contributed by atoms with van der Waals surface area (Å²) in [4.78, 5) is 0. The van der Waals surface area contributed by atoms with Crippen LogP contribution in [-0.4, -0.2) is 29.2 Å². The molecule has 1 fully saturated rings. The van der Waals surface area contributed by atoms with Crippen molar-refractivity contribution in [1.82, 2.24) is 5.32 Å². The molecule has 21 heavy (non-hydrogen) atoms. The summed E-state index contributed by atoms with van der Waals surface area (Å²) in [5, 5.41) is 23.8. The molecule has 0 radical (unpaired) electrons. The van der Waals surface area contributed by atoms with Crippen molar-refractivity contribution < 1.29 is 19.7 Å². The lowest BCUT2D eigenvalue weighted by Gasteiger charge is -2.27. The van der Waals surface area contributed by atoms with Gasteiger partial charge in [-0.15, -0.1) is 0 Å². The van der Waals surface area contributed by atoms with Crippen molar-refractivity contribution in [2.75, 3.05) is 13.3 Å². The highest BCUT2D eigenvalue weighted by Crippen LogP contribution is 2.37. The van der Waals surface area contributed by atoms with Gasteiger partial charge >= 0.3 is 0 Å². The summed E-state index contributed by atoms with van der Waals surface area (Å²) in [6, 6.07) is 3.38. The number of aliphatic hydroxyl groups is 1. The average Bonchev–Trinajstić information content (AvgIpc) is 2.79. The second kappa shape index (κ2) is 6.12. The quantitative estimate of drug-likeness (QED) is 0.743. The SMILES string of the molecule is Oc1cc2c(cc1CNCC1(O)CCCCCC1)OCO2. The molecule has 2 aliphatic rings. The van der Waals surface area contributed by atoms with E-state index in [1.165, 1.54) is 12.8 Å². The summed E-state index contributed by atoms with van der Waals surface area (Å²) in [7, 11) is 0. The highest BCUT2D eigenvalue weighted by atomic mass is 16.7. The van der Waals surface area contributed by atoms with E-state index in [1.807, 2.05) is 0 Å². The van der Waals surface area contributed by atoms with E-state index >= 15 is 0 Å². The van der Waals surface area contributed by atoms with E-state index in [0.29, 0.717) is 24.6 Å². The molecular formula is C16H23NO4. The predicted octanol–water partition coefficient (Wildman–Crippen LogP) is 2.30. The third-order valence-electron chi connectivity index (χ3n) is 4.38. The Hall–Kier alpha value is -1.46. The van der Waals surface area contributed by atoms with E-state index in [1.54, 1.807) is 12.1 Å². The molecular weight excluding hydrogens is 270 g/mol. The van der Waals surface area contributed by atoms with Gasteiger partial charge in [-0.2, -0.15) is 0 Å². The van der Waals surface area contributed by atoms with Gasteiger partial charge in [0.05, 0.1) is 5.60 Å². The lowest BCUT2D eigenvalue weighted by atomic mass is 9.94. The summed E-state index contributed by atoms with van der Waals surface area (Å²) in [5.41, 5.74) is 0.152. The summed E-state index contributed by atoms with van der Waals surface area (Å²) in [6.45, 7) is 1.26. The number of phenols is 1. The maximum atomic E-state index is 10.6. The molecule has 0 spiro atoms. The molecule has 1 aliphatic heterocycles. The Morgan fingerprint density at radius 1 is 1.05 bits per heavy atom. The Morgan fingerprint density at radius 3 is 2.43 bits per heavy atom. The van der Waals surface area contributed by atoms with Gasteiger partial charge in [0.2, 0.25) is 6.79 Å². The average molecular weight is 293 g/mol. The molecule has 5 heteroatoms. The van der Waals surface area contributed by atoms with Crippen LogP contribution in [0.2, 0.25) is 0 Å². The topological polar surface area (TPSA) is 71.0 Å². The predicted molar refractivity (Wildman–Crippen MR) is 78.6 cm³/mol. The van der Waals surface area contributed by atoms with Crippen molar-refractivity contribution in [3.8, 4) is 17.2 Å². The number of benzene rings is 1. The van der Waals surface area contributed by atoms with Crippen molar-refractivity contribution in [3.05, 3.63) is 17.7 Å². The van der Waals surface area contributed by atoms with Crippen molar-refractivity contribution in [3.63, 3.8) is 0 Å². The van der Waals surface area contributed by atoms with Crippen molar-refractivity contribution in [2.45, 2.75) is 50.7 Å². The van der Waals surface area contributed by atoms with Crippen LogP contribution in [0.15, 0.2) is 12.1 Å². The van der Waals surface area contributed by atoms with Gasteiger partial charge in [-0.25, -0.2) is 0 Å². The molecule has 5 nitrogen and oxygen atoms in total. The fourth-order valence-electron chi connectivity index (χ4n) is 3.11. The Bertz CT molecular complexity index is 495. The maximum Gasteiger partial charge on any atom is 0.231 e. The first-order valence-corrected chi connectivity index (χ1v) is 7.71. The highest BCUT2D eigenvalue weighted by Gasteiger charge is 2.27. The second-order valence-corrected chi connectivity index (χ2v) is 6.08. The number of hydrogen-bond acceptors (Lipinski definition) is 5. The zero-order chi connectivity index (χ0) is 14.7. The molecule has 0 atom stereocenters. The van der Waals surface area contributed by atoms with Gasteiger partial charge in [-0.05, 0) is 18.9 Å². The third-order valence-corrected chi connectivity index (χ3v) is 4.38. The zero-order valence-electron chi connectivity index (χ0n) is 12.2. The van der Waals surface area contributed by atoms with E-state index in [4.69, 9.17) is 9.47 Å². The largest absolute Gasteiger partial charge is 0.507 e. The molecule has 1 aliphatic carbocycles. The lowest BCUT2D eigenvalue weighted by molar-refractivity contribution is 0.0250. The second-order valence-electron chi connectivity index (χ2n) is 6.08. The molecule has 1 saturated carbocycles. The molecule has 1 aromatic carbocycles. The minimum absolute atomic E-state index is 0.194. The van der Waals surface area contributed by atoms with E-state index in [-0.39, 0.29) is 12.5 Å². The Balaban J connectivity index is 1.58. The molecule has 3 rings (SSSR count). The number of aromatic hydroxyl groups is 1. The number of hydrogen-bond donors (Lipinski definition) is 3. The summed E-state index contributed by atoms with van der Waals surface area (Å²) in [6.07, 6.45) is 6.32. The third kappa shape index (κ3) is 3.41. The molecule has 0 saturated heterocycles. The first kappa shape index (κ1) is 14.5. The molecule has 1 heterocycles. The Kier molecular flexibility index (Phi) is 4.22. The minimum atomic E-state index is -0.609. The summed E-state index contributed by atoms with van der Waals surface area (Å²) in [5.74, 6) is 1.44. The van der Waals surface area contributed by atoms with Crippen molar-refractivity contribution >= 4 is 0 Å². The smallest absolute Gasteiger partial charge is 0.231 e. The number of fused-ring (bicyclic) bond motifs is 1. The lowest BCUT2D eigenvalue weighted by Crippen LogP contribution is -2.39. The normalized spacial score (nSPS) is 20.2. The number of rotatable bonds is 4. The Labute approximate surface area is 124 Å². The van der Waals surface area contributed by atoms with Gasteiger partial charge in [-0.3, -0.25) is 0 Å². The molecule has 0 amide bonds. The van der Waals surface area contributed by atoms with Crippen LogP contribution in [0.4, 0.5) is 0 Å². The van der Waals surface area contributed by atoms with Gasteiger partial charge < -0.3 is 25.0 Å². The summed E-state index contributed by atoms with van der Waals surface area (Å²) >= 11 is 0. The summed E-state index contributed by atoms with van der Waals surface area (Å²) < 4.78 is 10.5. The van der Waals surface area contributed by atoms with Crippen LogP contribution in [0.25, 0.3) is 0 Å². The van der Waals surface area contributed by atoms with Crippen LogP contribution >= 0.6 is 0 Å². The van der Waals surface area contributed by atoms with Crippen LogP contribution in [-0.2, 0) is 6.54 Å². The van der Waals surface area contributed by atoms with Crippen molar-refractivity contribution in [2.24, 2.45) is 0 Å². The van der Waals surface area contributed by atoms with E-state index < -0.39 is 5.60 Å². The molecule has 0 aromatic heterocycles. The van der Waals surface area contributed by atoms with E-state index in [2.05, 4.69) is 5.32 Å². The molecule has 3 N–H and O–H groups in total. The van der Waals surface area contributed by atoms with Gasteiger partial charge in [0, 0.05) is 24.7 Å². The number of phenolic OH excluding ortho intramolecular Hbond substituents is 1. The first-order chi connectivity index (χ1) is 10.2. The van der Waals surface area contributed by atoms with Crippen LogP contribution in [0, 0.1) is 0 Å². The molecule has 116 valence electrons. The van der Waals surface area contributed by atoms with Crippen LogP contribution in [0.1, 0.15) is 44.1 Å². The number of nitrogens with one attached hydrogen (secondary N) is 1.